The van der Waals surface area contributed by atoms with Crippen LogP contribution in [0.15, 0.2) is 91.1 Å². The lowest BCUT2D eigenvalue weighted by atomic mass is 10.0. The largest absolute Gasteiger partial charge is 0.333 e. The van der Waals surface area contributed by atoms with Crippen LogP contribution < -0.4 is 0 Å². The van der Waals surface area contributed by atoms with E-state index >= 15 is 0 Å². The molecule has 0 saturated carbocycles. The van der Waals surface area contributed by atoms with E-state index in [2.05, 4.69) is 5.10 Å². The van der Waals surface area contributed by atoms with Crippen LogP contribution in [0.2, 0.25) is 10.0 Å². The normalized spacial score (nSPS) is 15.8. The van der Waals surface area contributed by atoms with Gasteiger partial charge in [0.15, 0.2) is 5.69 Å². The maximum absolute atomic E-state index is 13.4. The number of aromatic nitrogens is 2. The molecule has 1 aliphatic rings. The number of hydrogen-bond acceptors (Lipinski definition) is 3. The standard InChI is InChI=1S/C27H22Cl2N4O2/c28-21-10-6-19(7-11-21)25-18-31(16-17-32(25)26(34)20-8-12-22(29)13-9-20)27(35)24-14-15-33(30-24)23-4-2-1-3-5-23/h1-15,25H,16-18H2. The Hall–Kier alpha value is -3.61. The fourth-order valence-corrected chi connectivity index (χ4v) is 4.52. The summed E-state index contributed by atoms with van der Waals surface area (Å²) >= 11 is 12.1. The lowest BCUT2D eigenvalue weighted by Gasteiger charge is -2.41. The zero-order chi connectivity index (χ0) is 24.4. The molecule has 1 atom stereocenters. The zero-order valence-corrected chi connectivity index (χ0v) is 20.2. The zero-order valence-electron chi connectivity index (χ0n) is 18.7. The fraction of sp³-hybridized carbons (Fsp3) is 0.148. The Morgan fingerprint density at radius 2 is 1.43 bits per heavy atom. The second-order valence-electron chi connectivity index (χ2n) is 8.31. The molecule has 35 heavy (non-hydrogen) atoms. The van der Waals surface area contributed by atoms with Crippen molar-refractivity contribution in [2.75, 3.05) is 19.6 Å². The highest BCUT2D eigenvalue weighted by atomic mass is 35.5. The van der Waals surface area contributed by atoms with E-state index in [1.54, 1.807) is 63.1 Å². The van der Waals surface area contributed by atoms with E-state index in [0.29, 0.717) is 40.9 Å². The summed E-state index contributed by atoms with van der Waals surface area (Å²) in [6.45, 7) is 1.14. The van der Waals surface area contributed by atoms with Gasteiger partial charge < -0.3 is 9.80 Å². The third-order valence-electron chi connectivity index (χ3n) is 6.10. The van der Waals surface area contributed by atoms with Gasteiger partial charge in [-0.2, -0.15) is 5.10 Å². The van der Waals surface area contributed by atoms with Crippen LogP contribution in [0.4, 0.5) is 0 Å². The van der Waals surface area contributed by atoms with E-state index in [1.807, 2.05) is 42.5 Å². The molecule has 1 unspecified atom stereocenters. The van der Waals surface area contributed by atoms with E-state index < -0.39 is 0 Å². The molecule has 1 fully saturated rings. The summed E-state index contributed by atoms with van der Waals surface area (Å²) < 4.78 is 1.68. The maximum Gasteiger partial charge on any atom is 0.274 e. The van der Waals surface area contributed by atoms with Crippen LogP contribution in [0.3, 0.4) is 0 Å². The molecular formula is C27H22Cl2N4O2. The van der Waals surface area contributed by atoms with Gasteiger partial charge in [0.2, 0.25) is 0 Å². The second kappa shape index (κ2) is 9.94. The van der Waals surface area contributed by atoms with E-state index in [9.17, 15) is 9.59 Å². The molecule has 1 aliphatic heterocycles. The molecule has 0 N–H and O–H groups in total. The van der Waals surface area contributed by atoms with Crippen LogP contribution in [-0.2, 0) is 0 Å². The third kappa shape index (κ3) is 4.94. The third-order valence-corrected chi connectivity index (χ3v) is 6.61. The minimum atomic E-state index is -0.329. The summed E-state index contributed by atoms with van der Waals surface area (Å²) in [6.07, 6.45) is 1.78. The van der Waals surface area contributed by atoms with Crippen molar-refractivity contribution in [1.29, 1.82) is 0 Å². The van der Waals surface area contributed by atoms with Crippen LogP contribution in [0, 0.1) is 0 Å². The second-order valence-corrected chi connectivity index (χ2v) is 9.18. The summed E-state index contributed by atoms with van der Waals surface area (Å²) in [6, 6.07) is 25.3. The molecule has 4 aromatic rings. The Kier molecular flexibility index (Phi) is 6.57. The molecule has 176 valence electrons. The molecule has 5 rings (SSSR count). The first-order valence-electron chi connectivity index (χ1n) is 11.2. The van der Waals surface area contributed by atoms with Crippen LogP contribution in [-0.4, -0.2) is 51.0 Å². The summed E-state index contributed by atoms with van der Waals surface area (Å²) in [7, 11) is 0. The number of benzene rings is 3. The van der Waals surface area contributed by atoms with Gasteiger partial charge in [-0.1, -0.05) is 53.5 Å². The Bertz CT molecular complexity index is 1340. The van der Waals surface area contributed by atoms with Gasteiger partial charge in [-0.05, 0) is 60.2 Å². The quantitative estimate of drug-likeness (QED) is 0.367. The van der Waals surface area contributed by atoms with Gasteiger partial charge in [0, 0.05) is 41.4 Å². The van der Waals surface area contributed by atoms with Crippen molar-refractivity contribution >= 4 is 35.0 Å². The number of para-hydroxylation sites is 1. The molecule has 0 radical (unpaired) electrons. The van der Waals surface area contributed by atoms with E-state index in [1.165, 1.54) is 0 Å². The van der Waals surface area contributed by atoms with Crippen LogP contribution in [0.5, 0.6) is 0 Å². The monoisotopic (exact) mass is 504 g/mol. The van der Waals surface area contributed by atoms with Crippen LogP contribution >= 0.6 is 23.2 Å². The molecule has 2 amide bonds. The number of amides is 2. The first-order chi connectivity index (χ1) is 17.0. The molecule has 0 bridgehead atoms. The number of nitrogens with zero attached hydrogens (tertiary/aromatic N) is 4. The van der Waals surface area contributed by atoms with E-state index in [-0.39, 0.29) is 17.9 Å². The Labute approximate surface area is 213 Å². The van der Waals surface area contributed by atoms with Crippen LogP contribution in [0.25, 0.3) is 5.69 Å². The number of halogens is 2. The van der Waals surface area contributed by atoms with Crippen molar-refractivity contribution < 1.29 is 9.59 Å². The van der Waals surface area contributed by atoms with Gasteiger partial charge in [0.25, 0.3) is 11.8 Å². The molecule has 0 spiro atoms. The first-order valence-corrected chi connectivity index (χ1v) is 12.0. The molecule has 8 heteroatoms. The minimum absolute atomic E-state index is 0.109. The Morgan fingerprint density at radius 1 is 0.771 bits per heavy atom. The summed E-state index contributed by atoms with van der Waals surface area (Å²) in [5.74, 6) is -0.278. The van der Waals surface area contributed by atoms with E-state index in [4.69, 9.17) is 23.2 Å². The summed E-state index contributed by atoms with van der Waals surface area (Å²) in [5, 5.41) is 5.67. The fourth-order valence-electron chi connectivity index (χ4n) is 4.26. The lowest BCUT2D eigenvalue weighted by Crippen LogP contribution is -2.52. The molecule has 1 aromatic heterocycles. The van der Waals surface area contributed by atoms with Crippen molar-refractivity contribution in [1.82, 2.24) is 19.6 Å². The average molecular weight is 505 g/mol. The Morgan fingerprint density at radius 3 is 2.11 bits per heavy atom. The van der Waals surface area contributed by atoms with Crippen LogP contribution in [0.1, 0.15) is 32.5 Å². The van der Waals surface area contributed by atoms with Crippen molar-refractivity contribution in [3.63, 3.8) is 0 Å². The minimum Gasteiger partial charge on any atom is -0.333 e. The van der Waals surface area contributed by atoms with Crippen molar-refractivity contribution in [3.05, 3.63) is 118 Å². The molecule has 6 nitrogen and oxygen atoms in total. The summed E-state index contributed by atoms with van der Waals surface area (Å²) in [4.78, 5) is 30.3. The Balaban J connectivity index is 1.40. The van der Waals surface area contributed by atoms with Gasteiger partial charge in [0.05, 0.1) is 11.7 Å². The number of rotatable bonds is 4. The molecule has 2 heterocycles. The highest BCUT2D eigenvalue weighted by molar-refractivity contribution is 6.30. The number of hydrogen-bond donors (Lipinski definition) is 0. The number of carbonyl (C=O) groups is 2. The van der Waals surface area contributed by atoms with Gasteiger partial charge in [-0.25, -0.2) is 4.68 Å². The number of carbonyl (C=O) groups excluding carboxylic acids is 2. The number of piperazine rings is 1. The predicted molar refractivity (Wildman–Crippen MR) is 136 cm³/mol. The molecule has 3 aromatic carbocycles. The highest BCUT2D eigenvalue weighted by Crippen LogP contribution is 2.29. The molecule has 1 saturated heterocycles. The molecule has 0 aliphatic carbocycles. The SMILES string of the molecule is O=C(c1ccn(-c2ccccc2)n1)N1CCN(C(=O)c2ccc(Cl)cc2)C(c2ccc(Cl)cc2)C1. The van der Waals surface area contributed by atoms with Crippen molar-refractivity contribution in [2.45, 2.75) is 6.04 Å². The maximum atomic E-state index is 13.4. The lowest BCUT2D eigenvalue weighted by molar-refractivity contribution is 0.0380. The highest BCUT2D eigenvalue weighted by Gasteiger charge is 2.35. The van der Waals surface area contributed by atoms with Gasteiger partial charge in [0.1, 0.15) is 0 Å². The topological polar surface area (TPSA) is 58.4 Å². The van der Waals surface area contributed by atoms with Gasteiger partial charge in [-0.15, -0.1) is 0 Å². The van der Waals surface area contributed by atoms with Gasteiger partial charge >= 0.3 is 0 Å². The predicted octanol–water partition coefficient (Wildman–Crippen LogP) is 5.52. The van der Waals surface area contributed by atoms with Crippen molar-refractivity contribution in [3.8, 4) is 5.69 Å². The molecular weight excluding hydrogens is 483 g/mol. The smallest absolute Gasteiger partial charge is 0.274 e. The van der Waals surface area contributed by atoms with Crippen molar-refractivity contribution in [2.24, 2.45) is 0 Å². The average Bonchev–Trinajstić information content (AvgIpc) is 3.39. The van der Waals surface area contributed by atoms with Gasteiger partial charge in [-0.3, -0.25) is 9.59 Å². The first kappa shape index (κ1) is 23.1. The summed E-state index contributed by atoms with van der Waals surface area (Å²) in [5.41, 5.74) is 2.70. The van der Waals surface area contributed by atoms with E-state index in [0.717, 1.165) is 11.3 Å².